The number of pyridine rings is 1. The molecule has 0 spiro atoms. The predicted octanol–water partition coefficient (Wildman–Crippen LogP) is 2.12. The summed E-state index contributed by atoms with van der Waals surface area (Å²) in [5, 5.41) is 0. The Labute approximate surface area is 172 Å². The number of rotatable bonds is 4. The Balaban J connectivity index is 1.49. The van der Waals surface area contributed by atoms with Crippen LogP contribution in [0.1, 0.15) is 28.5 Å². The second-order valence-electron chi connectivity index (χ2n) is 7.35. The summed E-state index contributed by atoms with van der Waals surface area (Å²) in [4.78, 5) is 40.4. The van der Waals surface area contributed by atoms with E-state index >= 15 is 0 Å². The van der Waals surface area contributed by atoms with E-state index in [1.807, 2.05) is 42.5 Å². The van der Waals surface area contributed by atoms with Crippen LogP contribution in [0.3, 0.4) is 0 Å². The summed E-state index contributed by atoms with van der Waals surface area (Å²) in [5.41, 5.74) is 2.71. The van der Waals surface area contributed by atoms with Gasteiger partial charge in [0.2, 0.25) is 0 Å². The SMILES string of the molecule is O=C(c1cnccn1)N1CC[C@@H](n2c(=O)n(Cc3ccccc3)c3cccnc32)C1. The zero-order valence-electron chi connectivity index (χ0n) is 16.3. The van der Waals surface area contributed by atoms with E-state index in [-0.39, 0.29) is 17.6 Å². The van der Waals surface area contributed by atoms with Crippen LogP contribution in [0.25, 0.3) is 11.2 Å². The molecule has 3 aromatic heterocycles. The third-order valence-electron chi connectivity index (χ3n) is 5.50. The fraction of sp³-hybridized carbons (Fsp3) is 0.227. The molecule has 150 valence electrons. The van der Waals surface area contributed by atoms with Gasteiger partial charge in [-0.15, -0.1) is 0 Å². The van der Waals surface area contributed by atoms with Gasteiger partial charge in [-0.1, -0.05) is 30.3 Å². The van der Waals surface area contributed by atoms with Gasteiger partial charge in [-0.3, -0.25) is 18.9 Å². The lowest BCUT2D eigenvalue weighted by molar-refractivity contribution is 0.0781. The van der Waals surface area contributed by atoms with Crippen molar-refractivity contribution in [2.75, 3.05) is 13.1 Å². The fourth-order valence-electron chi connectivity index (χ4n) is 4.06. The van der Waals surface area contributed by atoms with Crippen LogP contribution in [0.5, 0.6) is 0 Å². The monoisotopic (exact) mass is 400 g/mol. The normalized spacial score (nSPS) is 16.3. The second kappa shape index (κ2) is 7.55. The van der Waals surface area contributed by atoms with Gasteiger partial charge in [0.05, 0.1) is 24.3 Å². The quantitative estimate of drug-likeness (QED) is 0.524. The highest BCUT2D eigenvalue weighted by molar-refractivity contribution is 5.92. The molecule has 0 aliphatic carbocycles. The van der Waals surface area contributed by atoms with Crippen LogP contribution in [0.2, 0.25) is 0 Å². The molecule has 1 aliphatic rings. The van der Waals surface area contributed by atoms with Crippen LogP contribution < -0.4 is 5.69 Å². The van der Waals surface area contributed by atoms with E-state index in [1.165, 1.54) is 18.6 Å². The molecule has 1 amide bonds. The zero-order chi connectivity index (χ0) is 20.5. The van der Waals surface area contributed by atoms with Gasteiger partial charge < -0.3 is 4.90 Å². The summed E-state index contributed by atoms with van der Waals surface area (Å²) in [6.45, 7) is 1.48. The summed E-state index contributed by atoms with van der Waals surface area (Å²) in [5.74, 6) is -0.167. The van der Waals surface area contributed by atoms with Crippen molar-refractivity contribution in [2.24, 2.45) is 0 Å². The van der Waals surface area contributed by atoms with Gasteiger partial charge in [-0.05, 0) is 24.1 Å². The third-order valence-corrected chi connectivity index (χ3v) is 5.50. The summed E-state index contributed by atoms with van der Waals surface area (Å²) < 4.78 is 3.49. The van der Waals surface area contributed by atoms with Crippen LogP contribution in [0, 0.1) is 0 Å². The summed E-state index contributed by atoms with van der Waals surface area (Å²) in [6.07, 6.45) is 6.90. The second-order valence-corrected chi connectivity index (χ2v) is 7.35. The number of nitrogens with zero attached hydrogens (tertiary/aromatic N) is 6. The number of hydrogen-bond acceptors (Lipinski definition) is 5. The van der Waals surface area contributed by atoms with Crippen LogP contribution >= 0.6 is 0 Å². The first-order valence-electron chi connectivity index (χ1n) is 9.87. The predicted molar refractivity (Wildman–Crippen MR) is 111 cm³/mol. The van der Waals surface area contributed by atoms with E-state index in [9.17, 15) is 9.59 Å². The van der Waals surface area contributed by atoms with E-state index in [2.05, 4.69) is 15.0 Å². The van der Waals surface area contributed by atoms with E-state index in [0.29, 0.717) is 37.4 Å². The minimum Gasteiger partial charge on any atom is -0.335 e. The van der Waals surface area contributed by atoms with E-state index < -0.39 is 0 Å². The molecule has 5 rings (SSSR count). The number of carbonyl (C=O) groups is 1. The molecule has 0 unspecified atom stereocenters. The van der Waals surface area contributed by atoms with Gasteiger partial charge in [-0.2, -0.15) is 0 Å². The molecule has 0 bridgehead atoms. The number of amides is 1. The Morgan fingerprint density at radius 2 is 1.90 bits per heavy atom. The molecule has 0 saturated carbocycles. The molecule has 1 saturated heterocycles. The summed E-state index contributed by atoms with van der Waals surface area (Å²) in [6, 6.07) is 13.5. The van der Waals surface area contributed by atoms with Gasteiger partial charge in [-0.25, -0.2) is 14.8 Å². The minimum atomic E-state index is -0.167. The Morgan fingerprint density at radius 1 is 1.03 bits per heavy atom. The largest absolute Gasteiger partial charge is 0.335 e. The van der Waals surface area contributed by atoms with Gasteiger partial charge in [0.1, 0.15) is 5.69 Å². The lowest BCUT2D eigenvalue weighted by Crippen LogP contribution is -2.32. The third kappa shape index (κ3) is 3.16. The van der Waals surface area contributed by atoms with E-state index in [0.717, 1.165) is 11.1 Å². The minimum absolute atomic E-state index is 0.105. The Morgan fingerprint density at radius 3 is 2.70 bits per heavy atom. The maximum Gasteiger partial charge on any atom is 0.330 e. The van der Waals surface area contributed by atoms with Crippen LogP contribution in [0.15, 0.2) is 72.0 Å². The lowest BCUT2D eigenvalue weighted by Gasteiger charge is -2.16. The molecule has 1 fully saturated rings. The number of hydrogen-bond donors (Lipinski definition) is 0. The number of fused-ring (bicyclic) bond motifs is 1. The Bertz CT molecular complexity index is 1250. The smallest absolute Gasteiger partial charge is 0.330 e. The standard InChI is InChI=1S/C22H20N6O2/c29-21(18-13-23-10-11-24-18)26-12-8-17(15-26)28-20-19(7-4-9-25-20)27(22(28)30)14-16-5-2-1-3-6-16/h1-7,9-11,13,17H,8,12,14-15H2/t17-/m1/s1. The lowest BCUT2D eigenvalue weighted by atomic mass is 10.2. The molecule has 1 atom stereocenters. The average Bonchev–Trinajstić information content (AvgIpc) is 3.38. The Kier molecular flexibility index (Phi) is 4.59. The van der Waals surface area contributed by atoms with Gasteiger partial charge in [0.15, 0.2) is 5.65 Å². The van der Waals surface area contributed by atoms with Crippen LogP contribution in [-0.2, 0) is 6.54 Å². The average molecular weight is 400 g/mol. The molecule has 8 nitrogen and oxygen atoms in total. The van der Waals surface area contributed by atoms with Crippen molar-refractivity contribution in [3.8, 4) is 0 Å². The highest BCUT2D eigenvalue weighted by Gasteiger charge is 2.31. The first-order valence-corrected chi connectivity index (χ1v) is 9.87. The summed E-state index contributed by atoms with van der Waals surface area (Å²) in [7, 11) is 0. The van der Waals surface area contributed by atoms with Gasteiger partial charge in [0, 0.05) is 31.7 Å². The molecule has 1 aromatic carbocycles. The van der Waals surface area contributed by atoms with E-state index in [4.69, 9.17) is 0 Å². The van der Waals surface area contributed by atoms with Crippen molar-refractivity contribution in [1.82, 2.24) is 29.0 Å². The van der Waals surface area contributed by atoms with Crippen molar-refractivity contribution < 1.29 is 4.79 Å². The zero-order valence-corrected chi connectivity index (χ0v) is 16.3. The molecular formula is C22H20N6O2. The van der Waals surface area contributed by atoms with Crippen molar-refractivity contribution >= 4 is 17.1 Å². The van der Waals surface area contributed by atoms with Crippen molar-refractivity contribution in [3.05, 3.63) is 89.0 Å². The number of aromatic nitrogens is 5. The number of imidazole rings is 1. The van der Waals surface area contributed by atoms with Gasteiger partial charge in [0.25, 0.3) is 5.91 Å². The fourth-order valence-corrected chi connectivity index (χ4v) is 4.06. The highest BCUT2D eigenvalue weighted by atomic mass is 16.2. The molecule has 4 heterocycles. The first kappa shape index (κ1) is 18.2. The van der Waals surface area contributed by atoms with Crippen molar-refractivity contribution in [1.29, 1.82) is 0 Å². The number of benzene rings is 1. The number of likely N-dealkylation sites (tertiary alicyclic amines) is 1. The van der Waals surface area contributed by atoms with Gasteiger partial charge >= 0.3 is 5.69 Å². The molecule has 4 aromatic rings. The van der Waals surface area contributed by atoms with E-state index in [1.54, 1.807) is 20.2 Å². The molecule has 8 heteroatoms. The molecule has 0 N–H and O–H groups in total. The first-order chi connectivity index (χ1) is 14.7. The van der Waals surface area contributed by atoms with Crippen LogP contribution in [0.4, 0.5) is 0 Å². The highest BCUT2D eigenvalue weighted by Crippen LogP contribution is 2.25. The molecule has 1 aliphatic heterocycles. The van der Waals surface area contributed by atoms with Crippen molar-refractivity contribution in [2.45, 2.75) is 19.0 Å². The summed E-state index contributed by atoms with van der Waals surface area (Å²) >= 11 is 0. The molecule has 0 radical (unpaired) electrons. The molecule has 30 heavy (non-hydrogen) atoms. The van der Waals surface area contributed by atoms with Crippen molar-refractivity contribution in [3.63, 3.8) is 0 Å². The number of carbonyl (C=O) groups excluding carboxylic acids is 1. The molecular weight excluding hydrogens is 380 g/mol. The maximum atomic E-state index is 13.4. The Hall–Kier alpha value is -3.81. The topological polar surface area (TPSA) is 85.9 Å². The van der Waals surface area contributed by atoms with Crippen LogP contribution in [-0.4, -0.2) is 48.0 Å². The maximum absolute atomic E-state index is 13.4.